The zero-order valence-corrected chi connectivity index (χ0v) is 19.5. The van der Waals surface area contributed by atoms with Gasteiger partial charge in [-0.1, -0.05) is 46.8 Å². The lowest BCUT2D eigenvalue weighted by Crippen LogP contribution is -2.53. The topological polar surface area (TPSA) is 110 Å². The van der Waals surface area contributed by atoms with E-state index in [1.54, 1.807) is 17.0 Å². The first kappa shape index (κ1) is 24.0. The fourth-order valence-corrected chi connectivity index (χ4v) is 4.78. The van der Waals surface area contributed by atoms with Gasteiger partial charge in [-0.05, 0) is 41.9 Å². The van der Waals surface area contributed by atoms with Crippen molar-refractivity contribution < 1.29 is 24.6 Å². The molecule has 2 aliphatic rings. The number of aliphatic hydroxyl groups is 1. The summed E-state index contributed by atoms with van der Waals surface area (Å²) >= 11 is 0. The molecule has 2 heterocycles. The van der Waals surface area contributed by atoms with E-state index in [0.29, 0.717) is 24.9 Å². The van der Waals surface area contributed by atoms with E-state index in [-0.39, 0.29) is 29.7 Å². The third-order valence-electron chi connectivity index (χ3n) is 6.45. The lowest BCUT2D eigenvalue weighted by Gasteiger charge is -2.31. The highest BCUT2D eigenvalue weighted by Gasteiger charge is 2.52. The number of carbonyl (C=O) groups excluding carboxylic acids is 2. The van der Waals surface area contributed by atoms with Crippen LogP contribution in [0.3, 0.4) is 0 Å². The maximum absolute atomic E-state index is 13.4. The third kappa shape index (κ3) is 4.90. The standard InChI is InChI=1S/C24H35N3O5/c1-14(2)12-17(25-21(29)15-6-8-16(9-7-15)24(3,4)5)22(30)26-11-10-18-20(26)19(28)13-27(18)23(31)32/h6-9,14,17-20,28H,10-13H2,1-5H3,(H,25,29)(H,31,32)/t17-,18?,19?,20?/m0/s1. The number of fused-ring (bicyclic) bond motifs is 1. The number of carboxylic acid groups (broad SMARTS) is 1. The summed E-state index contributed by atoms with van der Waals surface area (Å²) in [6, 6.07) is 5.66. The van der Waals surface area contributed by atoms with Crippen LogP contribution in [0.1, 0.15) is 63.4 Å². The monoisotopic (exact) mass is 445 g/mol. The first-order chi connectivity index (χ1) is 14.9. The average Bonchev–Trinajstić information content (AvgIpc) is 3.27. The van der Waals surface area contributed by atoms with Crippen LogP contribution in [0, 0.1) is 5.92 Å². The van der Waals surface area contributed by atoms with Gasteiger partial charge in [-0.2, -0.15) is 0 Å². The molecule has 4 atom stereocenters. The van der Waals surface area contributed by atoms with Gasteiger partial charge in [-0.3, -0.25) is 9.59 Å². The van der Waals surface area contributed by atoms with Crippen LogP contribution in [0.4, 0.5) is 4.79 Å². The Morgan fingerprint density at radius 3 is 2.28 bits per heavy atom. The van der Waals surface area contributed by atoms with Gasteiger partial charge in [0.25, 0.3) is 5.91 Å². The van der Waals surface area contributed by atoms with Crippen LogP contribution in [0.25, 0.3) is 0 Å². The van der Waals surface area contributed by atoms with Gasteiger partial charge in [0.05, 0.1) is 24.7 Å². The number of aliphatic hydroxyl groups excluding tert-OH is 1. The molecule has 8 nitrogen and oxygen atoms in total. The molecule has 2 aliphatic heterocycles. The van der Waals surface area contributed by atoms with E-state index in [2.05, 4.69) is 26.1 Å². The van der Waals surface area contributed by atoms with Crippen molar-refractivity contribution in [3.05, 3.63) is 35.4 Å². The number of nitrogens with zero attached hydrogens (tertiary/aromatic N) is 2. The lowest BCUT2D eigenvalue weighted by molar-refractivity contribution is -0.136. The molecule has 0 aliphatic carbocycles. The van der Waals surface area contributed by atoms with E-state index in [4.69, 9.17) is 0 Å². The largest absolute Gasteiger partial charge is 0.465 e. The minimum Gasteiger partial charge on any atom is -0.465 e. The van der Waals surface area contributed by atoms with Crippen molar-refractivity contribution >= 4 is 17.9 Å². The van der Waals surface area contributed by atoms with E-state index in [1.165, 1.54) is 4.90 Å². The smallest absolute Gasteiger partial charge is 0.407 e. The summed E-state index contributed by atoms with van der Waals surface area (Å²) in [5, 5.41) is 22.8. The molecule has 0 saturated carbocycles. The summed E-state index contributed by atoms with van der Waals surface area (Å²) in [6.07, 6.45) is -1.08. The minimum atomic E-state index is -1.09. The summed E-state index contributed by atoms with van der Waals surface area (Å²) in [5.41, 5.74) is 1.57. The van der Waals surface area contributed by atoms with E-state index < -0.39 is 30.3 Å². The van der Waals surface area contributed by atoms with Crippen molar-refractivity contribution in [2.45, 2.75) is 77.1 Å². The molecule has 1 aromatic rings. The molecule has 0 bridgehead atoms. The molecule has 3 unspecified atom stereocenters. The molecule has 0 aromatic heterocycles. The van der Waals surface area contributed by atoms with E-state index in [1.807, 2.05) is 26.0 Å². The summed E-state index contributed by atoms with van der Waals surface area (Å²) in [7, 11) is 0. The summed E-state index contributed by atoms with van der Waals surface area (Å²) in [4.78, 5) is 40.6. The van der Waals surface area contributed by atoms with E-state index in [9.17, 15) is 24.6 Å². The van der Waals surface area contributed by atoms with E-state index >= 15 is 0 Å². The highest BCUT2D eigenvalue weighted by Crippen LogP contribution is 2.33. The number of hydrogen-bond donors (Lipinski definition) is 3. The average molecular weight is 446 g/mol. The Bertz CT molecular complexity index is 861. The Kier molecular flexibility index (Phi) is 6.83. The second kappa shape index (κ2) is 9.10. The van der Waals surface area contributed by atoms with E-state index in [0.717, 1.165) is 5.56 Å². The summed E-state index contributed by atoms with van der Waals surface area (Å²) in [5.74, 6) is -0.425. The molecule has 0 spiro atoms. The van der Waals surface area contributed by atoms with Crippen molar-refractivity contribution in [1.82, 2.24) is 15.1 Å². The van der Waals surface area contributed by atoms with Crippen LogP contribution in [0.5, 0.6) is 0 Å². The molecule has 0 radical (unpaired) electrons. The highest BCUT2D eigenvalue weighted by atomic mass is 16.4. The van der Waals surface area contributed by atoms with Crippen molar-refractivity contribution in [3.8, 4) is 0 Å². The number of β-amino-alcohol motifs (C(OH)–C–C–N with tert-alkyl or cyclic N) is 1. The molecule has 3 amide bonds. The maximum atomic E-state index is 13.4. The first-order valence-corrected chi connectivity index (χ1v) is 11.3. The molecular formula is C24H35N3O5. The van der Waals surface area contributed by atoms with Crippen LogP contribution in [-0.4, -0.2) is 75.2 Å². The molecule has 32 heavy (non-hydrogen) atoms. The summed E-state index contributed by atoms with van der Waals surface area (Å²) < 4.78 is 0. The summed E-state index contributed by atoms with van der Waals surface area (Å²) in [6.45, 7) is 10.6. The Labute approximate surface area is 189 Å². The SMILES string of the molecule is CC(C)C[C@H](NC(=O)c1ccc(C(C)(C)C)cc1)C(=O)N1CCC2C1C(O)CN2C(=O)O. The van der Waals surface area contributed by atoms with Crippen LogP contribution in [-0.2, 0) is 10.2 Å². The zero-order chi connectivity index (χ0) is 23.8. The molecule has 1 aromatic carbocycles. The van der Waals surface area contributed by atoms with Gasteiger partial charge in [-0.15, -0.1) is 0 Å². The number of benzene rings is 1. The Hall–Kier alpha value is -2.61. The molecule has 3 rings (SSSR count). The van der Waals surface area contributed by atoms with Gasteiger partial charge in [0.1, 0.15) is 6.04 Å². The van der Waals surface area contributed by atoms with Gasteiger partial charge in [-0.25, -0.2) is 4.79 Å². The Morgan fingerprint density at radius 2 is 1.75 bits per heavy atom. The lowest BCUT2D eigenvalue weighted by atomic mass is 9.86. The van der Waals surface area contributed by atoms with Gasteiger partial charge in [0.15, 0.2) is 0 Å². The van der Waals surface area contributed by atoms with Gasteiger partial charge in [0, 0.05) is 12.1 Å². The zero-order valence-electron chi connectivity index (χ0n) is 19.5. The molecule has 8 heteroatoms. The quantitative estimate of drug-likeness (QED) is 0.645. The Morgan fingerprint density at radius 1 is 1.12 bits per heavy atom. The number of rotatable bonds is 5. The molecule has 176 valence electrons. The highest BCUT2D eigenvalue weighted by molar-refractivity contribution is 5.97. The van der Waals surface area contributed by atoms with Crippen LogP contribution in [0.2, 0.25) is 0 Å². The number of likely N-dealkylation sites (tertiary alicyclic amines) is 2. The number of hydrogen-bond acceptors (Lipinski definition) is 4. The fraction of sp³-hybridized carbons (Fsp3) is 0.625. The molecule has 3 N–H and O–H groups in total. The number of carbonyl (C=O) groups is 3. The second-order valence-electron chi connectivity index (χ2n) is 10.4. The molecule has 2 saturated heterocycles. The molecular weight excluding hydrogens is 410 g/mol. The number of amides is 3. The van der Waals surface area contributed by atoms with Crippen molar-refractivity contribution in [2.24, 2.45) is 5.92 Å². The van der Waals surface area contributed by atoms with Crippen LogP contribution in [0.15, 0.2) is 24.3 Å². The second-order valence-corrected chi connectivity index (χ2v) is 10.4. The van der Waals surface area contributed by atoms with Crippen molar-refractivity contribution in [1.29, 1.82) is 0 Å². The Balaban J connectivity index is 1.76. The van der Waals surface area contributed by atoms with Crippen molar-refractivity contribution in [3.63, 3.8) is 0 Å². The van der Waals surface area contributed by atoms with Crippen molar-refractivity contribution in [2.75, 3.05) is 13.1 Å². The predicted octanol–water partition coefficient (Wildman–Crippen LogP) is 2.45. The van der Waals surface area contributed by atoms with Gasteiger partial charge < -0.3 is 25.3 Å². The minimum absolute atomic E-state index is 0.00419. The van der Waals surface area contributed by atoms with Gasteiger partial charge >= 0.3 is 6.09 Å². The molecule has 2 fully saturated rings. The fourth-order valence-electron chi connectivity index (χ4n) is 4.78. The van der Waals surface area contributed by atoms with Gasteiger partial charge in [0.2, 0.25) is 5.91 Å². The third-order valence-corrected chi connectivity index (χ3v) is 6.45. The van der Waals surface area contributed by atoms with Crippen LogP contribution >= 0.6 is 0 Å². The number of nitrogens with one attached hydrogen (secondary N) is 1. The van der Waals surface area contributed by atoms with Crippen LogP contribution < -0.4 is 5.32 Å². The predicted molar refractivity (Wildman–Crippen MR) is 120 cm³/mol. The normalized spacial score (nSPS) is 23.9. The maximum Gasteiger partial charge on any atom is 0.407 e. The first-order valence-electron chi connectivity index (χ1n) is 11.3.